The van der Waals surface area contributed by atoms with Gasteiger partial charge in [0.2, 0.25) is 5.91 Å². The molecule has 2 aliphatic carbocycles. The second-order valence-electron chi connectivity index (χ2n) is 11.1. The number of fused-ring (bicyclic) bond motifs is 1. The molecule has 4 rings (SSSR count). The Morgan fingerprint density at radius 1 is 1.14 bits per heavy atom. The molecule has 0 radical (unpaired) electrons. The Bertz CT molecular complexity index is 1010. The zero-order chi connectivity index (χ0) is 25.2. The van der Waals surface area contributed by atoms with E-state index in [-0.39, 0.29) is 46.9 Å². The summed E-state index contributed by atoms with van der Waals surface area (Å²) in [5, 5.41) is 14.9. The molecule has 2 aromatic rings. The minimum atomic E-state index is -0.576. The molecule has 6 nitrogen and oxygen atoms in total. The van der Waals surface area contributed by atoms with Crippen molar-refractivity contribution in [3.8, 4) is 0 Å². The van der Waals surface area contributed by atoms with Crippen LogP contribution in [0.25, 0.3) is 0 Å². The van der Waals surface area contributed by atoms with Crippen molar-refractivity contribution in [1.82, 2.24) is 15.2 Å². The number of pyridine rings is 1. The molecule has 35 heavy (non-hydrogen) atoms. The van der Waals surface area contributed by atoms with Crippen molar-refractivity contribution in [2.75, 3.05) is 7.05 Å². The van der Waals surface area contributed by atoms with Gasteiger partial charge in [0, 0.05) is 43.5 Å². The summed E-state index contributed by atoms with van der Waals surface area (Å²) in [5.74, 6) is -0.222. The molecule has 2 fully saturated rings. The molecule has 188 valence electrons. The molecule has 0 unspecified atom stereocenters. The molecular weight excluding hydrogens is 438 g/mol. The molecule has 0 bridgehead atoms. The third-order valence-electron chi connectivity index (χ3n) is 8.82. The van der Waals surface area contributed by atoms with Gasteiger partial charge < -0.3 is 15.3 Å². The summed E-state index contributed by atoms with van der Waals surface area (Å²) in [6, 6.07) is 13.4. The average molecular weight is 478 g/mol. The van der Waals surface area contributed by atoms with E-state index in [1.54, 1.807) is 29.4 Å². The molecule has 2 aliphatic rings. The van der Waals surface area contributed by atoms with Crippen LogP contribution in [0.15, 0.2) is 54.9 Å². The summed E-state index contributed by atoms with van der Waals surface area (Å²) in [4.78, 5) is 31.9. The van der Waals surface area contributed by atoms with E-state index in [2.05, 4.69) is 24.1 Å². The number of nitrogens with one attached hydrogen (secondary N) is 1. The van der Waals surface area contributed by atoms with E-state index < -0.39 is 6.10 Å². The number of carbonyl (C=O) groups is 2. The molecular formula is C29H39N3O3. The maximum Gasteiger partial charge on any atom is 0.251 e. The Kier molecular flexibility index (Phi) is 7.60. The lowest BCUT2D eigenvalue weighted by molar-refractivity contribution is -0.149. The Balaban J connectivity index is 1.45. The van der Waals surface area contributed by atoms with E-state index in [4.69, 9.17) is 0 Å². The van der Waals surface area contributed by atoms with Gasteiger partial charge in [-0.1, -0.05) is 51.1 Å². The maximum absolute atomic E-state index is 13.3. The van der Waals surface area contributed by atoms with Crippen LogP contribution in [-0.4, -0.2) is 46.0 Å². The fraction of sp³-hybridized carbons (Fsp3) is 0.552. The van der Waals surface area contributed by atoms with Gasteiger partial charge in [-0.05, 0) is 66.5 Å². The molecule has 2 N–H and O–H groups in total. The van der Waals surface area contributed by atoms with Crippen molar-refractivity contribution in [3.05, 3.63) is 66.0 Å². The average Bonchev–Trinajstić information content (AvgIpc) is 2.86. The van der Waals surface area contributed by atoms with E-state index in [1.165, 1.54) is 0 Å². The first-order chi connectivity index (χ1) is 16.7. The lowest BCUT2D eigenvalue weighted by Crippen LogP contribution is -2.58. The minimum absolute atomic E-state index is 0.00565. The van der Waals surface area contributed by atoms with E-state index >= 15 is 0 Å². The summed E-state index contributed by atoms with van der Waals surface area (Å²) in [7, 11) is 1.85. The van der Waals surface area contributed by atoms with Gasteiger partial charge >= 0.3 is 0 Å². The number of hydrogen-bond donors (Lipinski definition) is 2. The number of benzene rings is 1. The molecule has 0 saturated heterocycles. The highest BCUT2D eigenvalue weighted by Gasteiger charge is 2.54. The Morgan fingerprint density at radius 2 is 1.80 bits per heavy atom. The highest BCUT2D eigenvalue weighted by atomic mass is 16.3. The van der Waals surface area contributed by atoms with Crippen LogP contribution in [0.5, 0.6) is 0 Å². The molecule has 1 heterocycles. The van der Waals surface area contributed by atoms with Crippen LogP contribution in [0.1, 0.15) is 62.4 Å². The van der Waals surface area contributed by atoms with Gasteiger partial charge in [0.05, 0.1) is 6.10 Å². The first-order valence-corrected chi connectivity index (χ1v) is 12.9. The monoisotopic (exact) mass is 477 g/mol. The van der Waals surface area contributed by atoms with Crippen LogP contribution in [0, 0.1) is 29.1 Å². The second kappa shape index (κ2) is 10.5. The first-order valence-electron chi connectivity index (χ1n) is 12.9. The number of aliphatic hydroxyl groups excluding tert-OH is 1. The lowest BCUT2D eigenvalue weighted by atomic mass is 9.51. The van der Waals surface area contributed by atoms with Gasteiger partial charge in [-0.25, -0.2) is 0 Å². The van der Waals surface area contributed by atoms with Crippen molar-refractivity contribution < 1.29 is 14.7 Å². The molecule has 0 spiro atoms. The highest BCUT2D eigenvalue weighted by molar-refractivity contribution is 5.94. The van der Waals surface area contributed by atoms with E-state index in [1.807, 2.05) is 44.3 Å². The maximum atomic E-state index is 13.3. The molecule has 1 aromatic heterocycles. The molecule has 1 aromatic carbocycles. The van der Waals surface area contributed by atoms with Crippen LogP contribution in [0.4, 0.5) is 0 Å². The minimum Gasteiger partial charge on any atom is -0.392 e. The van der Waals surface area contributed by atoms with Gasteiger partial charge in [-0.15, -0.1) is 0 Å². The molecule has 0 aliphatic heterocycles. The standard InChI is InChI=1S/C29H39N3O3/c1-19(28(35)32(4)18-21-8-6-5-7-9-21)23-10-14-29(3)15-11-24(20(2)25(29)26(23)33)31-27(34)22-12-16-30-17-13-22/h5-9,12-13,16-17,19-20,23-26,33H,10-11,14-15,18H2,1-4H3,(H,31,34)/t19-,20-,23+,24-,25+,26-,29+/m0/s1. The zero-order valence-electron chi connectivity index (χ0n) is 21.4. The van der Waals surface area contributed by atoms with Crippen LogP contribution in [-0.2, 0) is 11.3 Å². The molecule has 2 saturated carbocycles. The van der Waals surface area contributed by atoms with E-state index in [0.717, 1.165) is 31.2 Å². The number of hydrogen-bond acceptors (Lipinski definition) is 4. The van der Waals surface area contributed by atoms with Crippen molar-refractivity contribution in [3.63, 3.8) is 0 Å². The van der Waals surface area contributed by atoms with Crippen LogP contribution < -0.4 is 5.32 Å². The van der Waals surface area contributed by atoms with Crippen LogP contribution >= 0.6 is 0 Å². The third kappa shape index (κ3) is 5.27. The summed E-state index contributed by atoms with van der Waals surface area (Å²) >= 11 is 0. The lowest BCUT2D eigenvalue weighted by Gasteiger charge is -2.56. The predicted molar refractivity (Wildman–Crippen MR) is 136 cm³/mol. The summed E-state index contributed by atoms with van der Waals surface area (Å²) in [5.41, 5.74) is 1.72. The molecule has 7 atom stereocenters. The zero-order valence-corrected chi connectivity index (χ0v) is 21.4. The van der Waals surface area contributed by atoms with E-state index in [0.29, 0.717) is 12.1 Å². The predicted octanol–water partition coefficient (Wildman–Crippen LogP) is 4.30. The van der Waals surface area contributed by atoms with Crippen LogP contribution in [0.3, 0.4) is 0 Å². The van der Waals surface area contributed by atoms with Gasteiger partial charge in [0.25, 0.3) is 5.91 Å². The van der Waals surface area contributed by atoms with Gasteiger partial charge in [-0.2, -0.15) is 0 Å². The van der Waals surface area contributed by atoms with Gasteiger partial charge in [0.15, 0.2) is 0 Å². The normalized spacial score (nSPS) is 31.2. The molecule has 6 heteroatoms. The Labute approximate surface area is 209 Å². The number of aliphatic hydroxyl groups is 1. The number of rotatable bonds is 6. The van der Waals surface area contributed by atoms with Crippen molar-refractivity contribution >= 4 is 11.8 Å². The smallest absolute Gasteiger partial charge is 0.251 e. The van der Waals surface area contributed by atoms with Crippen molar-refractivity contribution in [2.24, 2.45) is 29.1 Å². The Morgan fingerprint density at radius 3 is 2.49 bits per heavy atom. The largest absolute Gasteiger partial charge is 0.392 e. The highest BCUT2D eigenvalue weighted by Crippen LogP contribution is 2.55. The SMILES string of the molecule is C[C@@H]1[C@@H]2[C@@H](O)[C@@H]([C@H](C)C(=O)N(C)Cc3ccccc3)CC[C@]2(C)CC[C@@H]1NC(=O)c1ccncc1. The number of nitrogens with zero attached hydrogens (tertiary/aromatic N) is 2. The fourth-order valence-electron chi connectivity index (χ4n) is 6.72. The number of amides is 2. The quantitative estimate of drug-likeness (QED) is 0.650. The molecule has 2 amide bonds. The summed E-state index contributed by atoms with van der Waals surface area (Å²) in [6.45, 7) is 6.96. The topological polar surface area (TPSA) is 82.5 Å². The van der Waals surface area contributed by atoms with Gasteiger partial charge in [-0.3, -0.25) is 14.6 Å². The first kappa shape index (κ1) is 25.4. The fourth-order valence-corrected chi connectivity index (χ4v) is 6.72. The third-order valence-corrected chi connectivity index (χ3v) is 8.82. The summed E-state index contributed by atoms with van der Waals surface area (Å²) in [6.07, 6.45) is 6.38. The Hall–Kier alpha value is -2.73. The number of aromatic nitrogens is 1. The van der Waals surface area contributed by atoms with Crippen molar-refractivity contribution in [1.29, 1.82) is 0 Å². The second-order valence-corrected chi connectivity index (χ2v) is 11.1. The van der Waals surface area contributed by atoms with Crippen molar-refractivity contribution in [2.45, 2.75) is 65.1 Å². The number of carbonyl (C=O) groups excluding carboxylic acids is 2. The van der Waals surface area contributed by atoms with Gasteiger partial charge in [0.1, 0.15) is 0 Å². The summed E-state index contributed by atoms with van der Waals surface area (Å²) < 4.78 is 0. The van der Waals surface area contributed by atoms with Crippen LogP contribution in [0.2, 0.25) is 0 Å². The van der Waals surface area contributed by atoms with E-state index in [9.17, 15) is 14.7 Å².